The maximum absolute atomic E-state index is 12.6. The fourth-order valence-corrected chi connectivity index (χ4v) is 4.01. The Hall–Kier alpha value is -3.62. The first-order chi connectivity index (χ1) is 17.2. The first-order valence-electron chi connectivity index (χ1n) is 10.9. The summed E-state index contributed by atoms with van der Waals surface area (Å²) < 4.78 is 10.4. The molecule has 0 amide bonds. The lowest BCUT2D eigenvalue weighted by molar-refractivity contribution is -0.141. The van der Waals surface area contributed by atoms with Gasteiger partial charge in [-0.15, -0.1) is 0 Å². The van der Waals surface area contributed by atoms with E-state index >= 15 is 0 Å². The second-order valence-corrected chi connectivity index (χ2v) is 8.61. The number of ether oxygens (including phenoxy) is 2. The van der Waals surface area contributed by atoms with Crippen molar-refractivity contribution in [1.82, 2.24) is 9.97 Å². The molecule has 8 nitrogen and oxygen atoms in total. The number of hydrogen-bond donors (Lipinski definition) is 1. The number of allylic oxidation sites excluding steroid dienone is 1. The third-order valence-corrected chi connectivity index (χ3v) is 6.05. The molecule has 10 heteroatoms. The summed E-state index contributed by atoms with van der Waals surface area (Å²) in [4.78, 5) is 34.8. The second kappa shape index (κ2) is 12.4. The number of aliphatic carboxylic acids is 1. The van der Waals surface area contributed by atoms with E-state index in [-0.39, 0.29) is 28.5 Å². The number of carboxylic acid groups (broad SMARTS) is 1. The standard InChI is InChI=1S/C26H25Cl2N3O5/c1-31(26-29-22(35-2)15-23(30-26)36-3)18-12-10-16(11-13-18)6-4-7-17(25(33)34)14-21(32)24-19(27)8-5-9-20(24)28/h4-6,8-13,15,17H,7,14H2,1-3H3,(H,33,34)/b6-4+. The van der Waals surface area contributed by atoms with Gasteiger partial charge in [0, 0.05) is 19.2 Å². The predicted molar refractivity (Wildman–Crippen MR) is 140 cm³/mol. The van der Waals surface area contributed by atoms with E-state index in [4.69, 9.17) is 32.7 Å². The van der Waals surface area contributed by atoms with Crippen LogP contribution in [0.15, 0.2) is 54.6 Å². The molecular weight excluding hydrogens is 505 g/mol. The molecule has 1 aromatic heterocycles. The number of carboxylic acids is 1. The van der Waals surface area contributed by atoms with E-state index in [1.54, 1.807) is 41.3 Å². The van der Waals surface area contributed by atoms with Gasteiger partial charge in [0.25, 0.3) is 0 Å². The molecule has 0 bridgehead atoms. The largest absolute Gasteiger partial charge is 0.481 e. The van der Waals surface area contributed by atoms with Gasteiger partial charge in [-0.1, -0.05) is 53.6 Å². The van der Waals surface area contributed by atoms with Crippen molar-refractivity contribution >= 4 is 52.7 Å². The number of Topliss-reactive ketones (excluding diaryl/α,β-unsaturated/α-hetero) is 1. The number of rotatable bonds is 11. The molecule has 1 unspecified atom stereocenters. The molecule has 0 aliphatic carbocycles. The summed E-state index contributed by atoms with van der Waals surface area (Å²) in [6.07, 6.45) is 3.49. The Bertz CT molecular complexity index is 1220. The van der Waals surface area contributed by atoms with Gasteiger partial charge in [-0.3, -0.25) is 9.59 Å². The average molecular weight is 530 g/mol. The number of halogens is 2. The van der Waals surface area contributed by atoms with Gasteiger partial charge < -0.3 is 19.5 Å². The number of carbonyl (C=O) groups excluding carboxylic acids is 1. The van der Waals surface area contributed by atoms with E-state index < -0.39 is 17.7 Å². The summed E-state index contributed by atoms with van der Waals surface area (Å²) >= 11 is 12.2. The van der Waals surface area contributed by atoms with E-state index in [0.717, 1.165) is 11.3 Å². The number of methoxy groups -OCH3 is 2. The van der Waals surface area contributed by atoms with Crippen LogP contribution in [0.2, 0.25) is 10.0 Å². The summed E-state index contributed by atoms with van der Waals surface area (Å²) in [6.45, 7) is 0. The van der Waals surface area contributed by atoms with E-state index in [0.29, 0.717) is 17.7 Å². The Morgan fingerprint density at radius 2 is 1.61 bits per heavy atom. The van der Waals surface area contributed by atoms with Crippen LogP contribution in [-0.4, -0.2) is 48.1 Å². The Morgan fingerprint density at radius 1 is 1.03 bits per heavy atom. The molecule has 0 radical (unpaired) electrons. The molecule has 36 heavy (non-hydrogen) atoms. The quantitative estimate of drug-likeness (QED) is 0.304. The molecule has 3 rings (SSSR count). The van der Waals surface area contributed by atoms with Crippen molar-refractivity contribution in [1.29, 1.82) is 0 Å². The van der Waals surface area contributed by atoms with Crippen LogP contribution in [0.4, 0.5) is 11.6 Å². The Morgan fingerprint density at radius 3 is 2.14 bits per heavy atom. The van der Waals surface area contributed by atoms with Gasteiger partial charge in [-0.2, -0.15) is 9.97 Å². The molecular formula is C26H25Cl2N3O5. The fraction of sp³-hybridized carbons (Fsp3) is 0.231. The highest BCUT2D eigenvalue weighted by Crippen LogP contribution is 2.28. The van der Waals surface area contributed by atoms with Gasteiger partial charge in [0.05, 0.1) is 41.8 Å². The minimum Gasteiger partial charge on any atom is -0.481 e. The SMILES string of the molecule is COc1cc(OC)nc(N(C)c2ccc(/C=C/CC(CC(=O)c3c(Cl)cccc3Cl)C(=O)O)cc2)n1. The van der Waals surface area contributed by atoms with Crippen molar-refractivity contribution in [2.24, 2.45) is 5.92 Å². The van der Waals surface area contributed by atoms with Crippen LogP contribution < -0.4 is 14.4 Å². The van der Waals surface area contributed by atoms with E-state index in [1.165, 1.54) is 14.2 Å². The first kappa shape index (κ1) is 27.0. The summed E-state index contributed by atoms with van der Waals surface area (Å²) in [6, 6.07) is 13.8. The van der Waals surface area contributed by atoms with Crippen molar-refractivity contribution in [3.05, 3.63) is 75.8 Å². The molecule has 1 atom stereocenters. The molecule has 0 saturated carbocycles. The van der Waals surface area contributed by atoms with Crippen LogP contribution in [0.25, 0.3) is 6.08 Å². The first-order valence-corrected chi connectivity index (χ1v) is 11.7. The molecule has 188 valence electrons. The maximum atomic E-state index is 12.6. The van der Waals surface area contributed by atoms with E-state index in [1.807, 2.05) is 31.3 Å². The minimum absolute atomic E-state index is 0.147. The highest BCUT2D eigenvalue weighted by molar-refractivity contribution is 6.39. The van der Waals surface area contributed by atoms with Crippen LogP contribution >= 0.6 is 23.2 Å². The van der Waals surface area contributed by atoms with Crippen molar-refractivity contribution < 1.29 is 24.2 Å². The smallest absolute Gasteiger partial charge is 0.307 e. The third-order valence-electron chi connectivity index (χ3n) is 5.42. The van der Waals surface area contributed by atoms with Crippen molar-refractivity contribution in [3.63, 3.8) is 0 Å². The zero-order valence-electron chi connectivity index (χ0n) is 19.9. The number of ketones is 1. The molecule has 2 aromatic carbocycles. The number of anilines is 2. The molecule has 0 spiro atoms. The predicted octanol–water partition coefficient (Wildman–Crippen LogP) is 5.95. The molecule has 0 fully saturated rings. The average Bonchev–Trinajstić information content (AvgIpc) is 2.87. The van der Waals surface area contributed by atoms with Crippen LogP contribution in [0.3, 0.4) is 0 Å². The van der Waals surface area contributed by atoms with Crippen LogP contribution in [-0.2, 0) is 4.79 Å². The van der Waals surface area contributed by atoms with Gasteiger partial charge >= 0.3 is 5.97 Å². The van der Waals surface area contributed by atoms with Crippen LogP contribution in [0.1, 0.15) is 28.8 Å². The number of hydrogen-bond acceptors (Lipinski definition) is 7. The van der Waals surface area contributed by atoms with Crippen LogP contribution in [0.5, 0.6) is 11.8 Å². The van der Waals surface area contributed by atoms with Gasteiger partial charge in [0.1, 0.15) is 0 Å². The number of benzene rings is 2. The number of nitrogens with zero attached hydrogens (tertiary/aromatic N) is 3. The summed E-state index contributed by atoms with van der Waals surface area (Å²) in [5.74, 6) is -1.22. The van der Waals surface area contributed by atoms with Crippen molar-refractivity contribution in [2.45, 2.75) is 12.8 Å². The topological polar surface area (TPSA) is 102 Å². The Balaban J connectivity index is 1.67. The monoisotopic (exact) mass is 529 g/mol. The highest BCUT2D eigenvalue weighted by atomic mass is 35.5. The highest BCUT2D eigenvalue weighted by Gasteiger charge is 2.23. The lowest BCUT2D eigenvalue weighted by atomic mass is 9.95. The van der Waals surface area contributed by atoms with E-state index in [2.05, 4.69) is 9.97 Å². The molecule has 3 aromatic rings. The molecule has 0 aliphatic heterocycles. The van der Waals surface area contributed by atoms with Crippen molar-refractivity contribution in [2.75, 3.05) is 26.2 Å². The number of aromatic nitrogens is 2. The molecule has 1 heterocycles. The second-order valence-electron chi connectivity index (χ2n) is 7.80. The molecule has 0 saturated heterocycles. The lowest BCUT2D eigenvalue weighted by Gasteiger charge is -2.18. The minimum atomic E-state index is -1.07. The molecule has 1 N–H and O–H groups in total. The Kier molecular flexibility index (Phi) is 9.27. The summed E-state index contributed by atoms with van der Waals surface area (Å²) in [5, 5.41) is 10.0. The molecule has 0 aliphatic rings. The van der Waals surface area contributed by atoms with Crippen LogP contribution in [0, 0.1) is 5.92 Å². The lowest BCUT2D eigenvalue weighted by Crippen LogP contribution is -2.18. The maximum Gasteiger partial charge on any atom is 0.307 e. The third kappa shape index (κ3) is 6.74. The van der Waals surface area contributed by atoms with Gasteiger partial charge in [-0.25, -0.2) is 0 Å². The van der Waals surface area contributed by atoms with Crippen molar-refractivity contribution in [3.8, 4) is 11.8 Å². The summed E-state index contributed by atoms with van der Waals surface area (Å²) in [7, 11) is 4.85. The normalized spacial score (nSPS) is 11.8. The summed E-state index contributed by atoms with van der Waals surface area (Å²) in [5.41, 5.74) is 1.84. The zero-order chi connectivity index (χ0) is 26.2. The van der Waals surface area contributed by atoms with Gasteiger partial charge in [0.2, 0.25) is 17.7 Å². The zero-order valence-corrected chi connectivity index (χ0v) is 21.5. The van der Waals surface area contributed by atoms with Gasteiger partial charge in [-0.05, 0) is 36.2 Å². The Labute approximate surface area is 219 Å². The fourth-order valence-electron chi connectivity index (χ4n) is 3.41. The number of carbonyl (C=O) groups is 2. The van der Waals surface area contributed by atoms with E-state index in [9.17, 15) is 14.7 Å². The van der Waals surface area contributed by atoms with Gasteiger partial charge in [0.15, 0.2) is 5.78 Å².